The van der Waals surface area contributed by atoms with Gasteiger partial charge in [-0.25, -0.2) is 0 Å². The molecule has 6 nitrogen and oxygen atoms in total. The van der Waals surface area contributed by atoms with E-state index in [0.717, 1.165) is 109 Å². The minimum atomic E-state index is -0.819. The quantitative estimate of drug-likeness (QED) is 0.0200. The summed E-state index contributed by atoms with van der Waals surface area (Å²) in [6.07, 6.45) is 66.5. The molecule has 1 unspecified atom stereocenters. The molecule has 0 heterocycles. The van der Waals surface area contributed by atoms with Crippen LogP contribution < -0.4 is 0 Å². The fourth-order valence-electron chi connectivity index (χ4n) is 6.25. The van der Waals surface area contributed by atoms with Crippen LogP contribution >= 0.6 is 0 Å². The zero-order valence-corrected chi connectivity index (χ0v) is 39.8. The van der Waals surface area contributed by atoms with Crippen LogP contribution in [0.3, 0.4) is 0 Å². The molecule has 350 valence electrons. The van der Waals surface area contributed by atoms with Crippen LogP contribution in [0.1, 0.15) is 207 Å². The monoisotopic (exact) mass is 859 g/mol. The van der Waals surface area contributed by atoms with Crippen LogP contribution in [-0.4, -0.2) is 37.2 Å². The molecule has 6 heteroatoms. The Morgan fingerprint density at radius 1 is 0.355 bits per heavy atom. The summed E-state index contributed by atoms with van der Waals surface area (Å²) in [7, 11) is 0. The maximum Gasteiger partial charge on any atom is 0.306 e. The highest BCUT2D eigenvalue weighted by Gasteiger charge is 2.19. The Hall–Kier alpha value is -3.93. The molecular weight excluding hydrogens is 769 g/mol. The summed E-state index contributed by atoms with van der Waals surface area (Å²) in [5, 5.41) is 0. The lowest BCUT2D eigenvalue weighted by atomic mass is 10.1. The van der Waals surface area contributed by atoms with E-state index in [0.29, 0.717) is 19.3 Å². The van der Waals surface area contributed by atoms with E-state index in [9.17, 15) is 14.4 Å². The second kappa shape index (κ2) is 49.7. The SMILES string of the molecule is CC/C=C\C/C=C\C/C=C\CCCCCCCCC(=O)OC(COC(=O)CCC/C=C\C/C=C\C/C=C\C/C=C\CCCCC)COC(=O)CCCCC/C=C\C=C/CCCC. The van der Waals surface area contributed by atoms with Gasteiger partial charge in [0.05, 0.1) is 0 Å². The Morgan fingerprint density at radius 3 is 1.21 bits per heavy atom. The van der Waals surface area contributed by atoms with Gasteiger partial charge in [-0.15, -0.1) is 0 Å². The van der Waals surface area contributed by atoms with Crippen molar-refractivity contribution in [2.24, 2.45) is 0 Å². The molecule has 0 radical (unpaired) electrons. The van der Waals surface area contributed by atoms with Gasteiger partial charge < -0.3 is 14.2 Å². The smallest absolute Gasteiger partial charge is 0.306 e. The summed E-state index contributed by atoms with van der Waals surface area (Å²) < 4.78 is 16.7. The van der Waals surface area contributed by atoms with Crippen molar-refractivity contribution in [3.8, 4) is 0 Å². The van der Waals surface area contributed by atoms with Gasteiger partial charge in [-0.1, -0.05) is 188 Å². The number of carbonyl (C=O) groups is 3. The van der Waals surface area contributed by atoms with E-state index in [1.54, 1.807) is 0 Å². The number of unbranched alkanes of at least 4 members (excludes halogenated alkanes) is 15. The first-order valence-electron chi connectivity index (χ1n) is 24.9. The number of hydrogen-bond acceptors (Lipinski definition) is 6. The molecule has 0 amide bonds. The van der Waals surface area contributed by atoms with E-state index in [1.165, 1.54) is 51.4 Å². The summed E-state index contributed by atoms with van der Waals surface area (Å²) >= 11 is 0. The number of carbonyl (C=O) groups excluding carboxylic acids is 3. The summed E-state index contributed by atoms with van der Waals surface area (Å²) in [5.41, 5.74) is 0. The highest BCUT2D eigenvalue weighted by Crippen LogP contribution is 2.12. The Balaban J connectivity index is 4.53. The van der Waals surface area contributed by atoms with Gasteiger partial charge in [0.1, 0.15) is 13.2 Å². The normalized spacial score (nSPS) is 13.0. The molecule has 0 aromatic rings. The van der Waals surface area contributed by atoms with Crippen LogP contribution in [0.15, 0.2) is 109 Å². The Bertz CT molecular complexity index is 1310. The van der Waals surface area contributed by atoms with Gasteiger partial charge in [0.25, 0.3) is 0 Å². The lowest BCUT2D eigenvalue weighted by Gasteiger charge is -2.18. The van der Waals surface area contributed by atoms with Crippen molar-refractivity contribution in [3.63, 3.8) is 0 Å². The van der Waals surface area contributed by atoms with Crippen molar-refractivity contribution in [1.82, 2.24) is 0 Å². The molecule has 0 bridgehead atoms. The van der Waals surface area contributed by atoms with Crippen molar-refractivity contribution in [1.29, 1.82) is 0 Å². The van der Waals surface area contributed by atoms with E-state index < -0.39 is 6.10 Å². The first kappa shape index (κ1) is 58.1. The first-order chi connectivity index (χ1) is 30.5. The molecule has 0 aliphatic heterocycles. The number of ether oxygens (including phenoxy) is 3. The van der Waals surface area contributed by atoms with Gasteiger partial charge in [0, 0.05) is 19.3 Å². The molecule has 0 N–H and O–H groups in total. The average molecular weight is 859 g/mol. The molecule has 0 saturated carbocycles. The van der Waals surface area contributed by atoms with Gasteiger partial charge in [0.2, 0.25) is 0 Å². The summed E-state index contributed by atoms with van der Waals surface area (Å²) in [6.45, 7) is 6.34. The maximum absolute atomic E-state index is 12.8. The first-order valence-corrected chi connectivity index (χ1v) is 24.9. The van der Waals surface area contributed by atoms with E-state index >= 15 is 0 Å². The third-order valence-electron chi connectivity index (χ3n) is 10.0. The molecule has 0 aliphatic rings. The summed E-state index contributed by atoms with van der Waals surface area (Å²) in [6, 6.07) is 0. The van der Waals surface area contributed by atoms with Crippen LogP contribution in [0.2, 0.25) is 0 Å². The van der Waals surface area contributed by atoms with E-state index in [4.69, 9.17) is 14.2 Å². The Labute approximate surface area is 380 Å². The van der Waals surface area contributed by atoms with Crippen molar-refractivity contribution < 1.29 is 28.6 Å². The molecule has 0 fully saturated rings. The number of allylic oxidation sites excluding steroid dienone is 18. The molecule has 0 spiro atoms. The largest absolute Gasteiger partial charge is 0.462 e. The summed E-state index contributed by atoms with van der Waals surface area (Å²) in [4.78, 5) is 37.9. The molecule has 0 saturated heterocycles. The fraction of sp³-hybridized carbons (Fsp3) is 0.625. The maximum atomic E-state index is 12.8. The zero-order chi connectivity index (χ0) is 45.1. The third-order valence-corrected chi connectivity index (χ3v) is 10.0. The van der Waals surface area contributed by atoms with Crippen LogP contribution in [0, 0.1) is 0 Å². The van der Waals surface area contributed by atoms with Crippen LogP contribution in [0.25, 0.3) is 0 Å². The van der Waals surface area contributed by atoms with Gasteiger partial charge in [-0.3, -0.25) is 14.4 Å². The molecule has 0 aromatic carbocycles. The van der Waals surface area contributed by atoms with E-state index in [2.05, 4.69) is 130 Å². The number of hydrogen-bond donors (Lipinski definition) is 0. The topological polar surface area (TPSA) is 78.9 Å². The average Bonchev–Trinajstić information content (AvgIpc) is 3.27. The lowest BCUT2D eigenvalue weighted by Crippen LogP contribution is -2.30. The molecule has 1 atom stereocenters. The van der Waals surface area contributed by atoms with E-state index in [1.807, 2.05) is 0 Å². The highest BCUT2D eigenvalue weighted by atomic mass is 16.6. The number of rotatable bonds is 43. The van der Waals surface area contributed by atoms with Gasteiger partial charge in [0.15, 0.2) is 6.10 Å². The highest BCUT2D eigenvalue weighted by molar-refractivity contribution is 5.71. The van der Waals surface area contributed by atoms with Crippen molar-refractivity contribution in [2.45, 2.75) is 213 Å². The predicted molar refractivity (Wildman–Crippen MR) is 265 cm³/mol. The summed E-state index contributed by atoms with van der Waals surface area (Å²) in [5.74, 6) is -1.02. The van der Waals surface area contributed by atoms with Gasteiger partial charge in [-0.05, 0) is 109 Å². The molecule has 62 heavy (non-hydrogen) atoms. The molecular formula is C56H90O6. The van der Waals surface area contributed by atoms with E-state index in [-0.39, 0.29) is 37.5 Å². The lowest BCUT2D eigenvalue weighted by molar-refractivity contribution is -0.167. The molecule has 0 aliphatic carbocycles. The minimum Gasteiger partial charge on any atom is -0.462 e. The Morgan fingerprint density at radius 2 is 0.710 bits per heavy atom. The predicted octanol–water partition coefficient (Wildman–Crippen LogP) is 16.4. The third kappa shape index (κ3) is 47.1. The van der Waals surface area contributed by atoms with Crippen LogP contribution in [0.5, 0.6) is 0 Å². The van der Waals surface area contributed by atoms with Crippen LogP contribution in [-0.2, 0) is 28.6 Å². The van der Waals surface area contributed by atoms with Crippen LogP contribution in [0.4, 0.5) is 0 Å². The molecule has 0 aromatic heterocycles. The zero-order valence-electron chi connectivity index (χ0n) is 39.8. The standard InChI is InChI=1S/C56H90O6/c1-4-7-10-13-16-19-22-24-26-28-30-31-34-37-40-43-46-49-55(58)61-52-53(51-60-54(57)48-45-42-39-36-33-21-18-15-12-9-6-3)62-56(59)50-47-44-41-38-35-32-29-27-25-23-20-17-14-11-8-5-2/h8,11,15-21,24-27,30-31,33,37,40,53H,4-7,9-10,12-14,22-23,28-29,32,34-36,38-39,41-52H2,1-3H3/b11-8-,18-15-,19-16-,20-17-,26-24-,27-25-,31-30-,33-21-,40-37-. The minimum absolute atomic E-state index is 0.117. The second-order valence-electron chi connectivity index (χ2n) is 16.0. The van der Waals surface area contributed by atoms with Crippen molar-refractivity contribution in [3.05, 3.63) is 109 Å². The second-order valence-corrected chi connectivity index (χ2v) is 16.0. The fourth-order valence-corrected chi connectivity index (χ4v) is 6.25. The molecule has 0 rings (SSSR count). The number of esters is 3. The Kier molecular flexibility index (Phi) is 46.6. The van der Waals surface area contributed by atoms with Gasteiger partial charge in [-0.2, -0.15) is 0 Å². The van der Waals surface area contributed by atoms with Crippen molar-refractivity contribution in [2.75, 3.05) is 13.2 Å². The van der Waals surface area contributed by atoms with Gasteiger partial charge >= 0.3 is 17.9 Å². The van der Waals surface area contributed by atoms with Crippen molar-refractivity contribution >= 4 is 17.9 Å².